The first-order valence-corrected chi connectivity index (χ1v) is 7.29. The number of allylic oxidation sites excluding steroid dienone is 1. The Hall–Kier alpha value is -0.920. The van der Waals surface area contributed by atoms with Crippen molar-refractivity contribution in [2.45, 2.75) is 13.3 Å². The highest BCUT2D eigenvalue weighted by Gasteiger charge is 2.15. The Labute approximate surface area is 109 Å². The van der Waals surface area contributed by atoms with E-state index in [9.17, 15) is 17.8 Å². The van der Waals surface area contributed by atoms with E-state index in [1.54, 1.807) is 13.0 Å². The molecule has 7 heteroatoms. The van der Waals surface area contributed by atoms with Crippen LogP contribution in [0.2, 0.25) is 0 Å². The van der Waals surface area contributed by atoms with Crippen molar-refractivity contribution in [3.05, 3.63) is 12.2 Å². The summed E-state index contributed by atoms with van der Waals surface area (Å²) >= 11 is 0. The van der Waals surface area contributed by atoms with Gasteiger partial charge < -0.3 is 13.8 Å². The number of hydrogen-bond donors (Lipinski definition) is 0. The van der Waals surface area contributed by atoms with Gasteiger partial charge in [-0.1, -0.05) is 6.08 Å². The quantitative estimate of drug-likeness (QED) is 0.273. The van der Waals surface area contributed by atoms with E-state index in [1.807, 2.05) is 14.1 Å². The predicted octanol–water partition coefficient (Wildman–Crippen LogP) is 0.117. The third kappa shape index (κ3) is 10.2. The third-order valence-electron chi connectivity index (χ3n) is 2.40. The standard InChI is InChI=1S/C11H21NO5S/c1-4-6-11(13)17-9-8-12(2,3)7-5-10-18(14,15)16/h4,6H,5,7-10H2,1-3H3. The highest BCUT2D eigenvalue weighted by Crippen LogP contribution is 2.01. The Morgan fingerprint density at radius 1 is 1.33 bits per heavy atom. The van der Waals surface area contributed by atoms with Gasteiger partial charge in [-0.3, -0.25) is 0 Å². The number of ether oxygens (including phenoxy) is 1. The minimum atomic E-state index is -4.14. The number of quaternary nitrogens is 1. The zero-order valence-electron chi connectivity index (χ0n) is 11.1. The lowest BCUT2D eigenvalue weighted by Gasteiger charge is -2.29. The van der Waals surface area contributed by atoms with Crippen LogP contribution in [0.3, 0.4) is 0 Å². The highest BCUT2D eigenvalue weighted by atomic mass is 32.2. The zero-order chi connectivity index (χ0) is 14.2. The maximum absolute atomic E-state index is 11.0. The Balaban J connectivity index is 3.90. The van der Waals surface area contributed by atoms with Gasteiger partial charge in [0.25, 0.3) is 0 Å². The molecule has 0 amide bonds. The molecule has 6 nitrogen and oxygen atoms in total. The fourth-order valence-corrected chi connectivity index (χ4v) is 1.84. The summed E-state index contributed by atoms with van der Waals surface area (Å²) < 4.78 is 36.8. The van der Waals surface area contributed by atoms with Gasteiger partial charge in [-0.2, -0.15) is 0 Å². The van der Waals surface area contributed by atoms with Crippen LogP contribution in [0.4, 0.5) is 0 Å². The van der Waals surface area contributed by atoms with Crippen LogP contribution in [-0.2, 0) is 19.6 Å². The third-order valence-corrected chi connectivity index (χ3v) is 3.19. The summed E-state index contributed by atoms with van der Waals surface area (Å²) in [5.41, 5.74) is 0. The Bertz CT molecular complexity index is 386. The fourth-order valence-electron chi connectivity index (χ4n) is 1.36. The SMILES string of the molecule is CC=CC(=O)OCC[N+](C)(C)CCCS(=O)(=O)[O-]. The lowest BCUT2D eigenvalue weighted by molar-refractivity contribution is -0.890. The second kappa shape index (κ2) is 7.50. The minimum Gasteiger partial charge on any atom is -0.748 e. The summed E-state index contributed by atoms with van der Waals surface area (Å²) in [6, 6.07) is 0. The van der Waals surface area contributed by atoms with Crippen molar-refractivity contribution in [1.29, 1.82) is 0 Å². The van der Waals surface area contributed by atoms with Gasteiger partial charge in [0.15, 0.2) is 0 Å². The van der Waals surface area contributed by atoms with Crippen molar-refractivity contribution < 1.29 is 27.0 Å². The molecule has 0 unspecified atom stereocenters. The average Bonchev–Trinajstić information content (AvgIpc) is 2.14. The van der Waals surface area contributed by atoms with Crippen molar-refractivity contribution in [2.24, 2.45) is 0 Å². The first kappa shape index (κ1) is 17.1. The van der Waals surface area contributed by atoms with Gasteiger partial charge in [0, 0.05) is 18.2 Å². The van der Waals surface area contributed by atoms with Crippen LogP contribution in [0.1, 0.15) is 13.3 Å². The van der Waals surface area contributed by atoms with Gasteiger partial charge in [0.2, 0.25) is 0 Å². The molecular weight excluding hydrogens is 258 g/mol. The number of carbonyl (C=O) groups is 1. The summed E-state index contributed by atoms with van der Waals surface area (Å²) in [5.74, 6) is -0.743. The topological polar surface area (TPSA) is 83.5 Å². The van der Waals surface area contributed by atoms with Crippen molar-refractivity contribution in [3.8, 4) is 0 Å². The van der Waals surface area contributed by atoms with E-state index in [2.05, 4.69) is 0 Å². The molecule has 0 aromatic heterocycles. The number of carbonyl (C=O) groups excluding carboxylic acids is 1. The first-order valence-electron chi connectivity index (χ1n) is 5.71. The molecule has 18 heavy (non-hydrogen) atoms. The van der Waals surface area contributed by atoms with Gasteiger partial charge in [0.1, 0.15) is 13.2 Å². The molecule has 0 aliphatic rings. The molecule has 0 N–H and O–H groups in total. The smallest absolute Gasteiger partial charge is 0.330 e. The van der Waals surface area contributed by atoms with Crippen molar-refractivity contribution in [3.63, 3.8) is 0 Å². The molecule has 0 heterocycles. The van der Waals surface area contributed by atoms with Crippen molar-refractivity contribution in [1.82, 2.24) is 0 Å². The second-order valence-electron chi connectivity index (χ2n) is 4.67. The maximum atomic E-state index is 11.0. The Morgan fingerprint density at radius 2 is 1.94 bits per heavy atom. The van der Waals surface area contributed by atoms with Crippen LogP contribution < -0.4 is 0 Å². The van der Waals surface area contributed by atoms with E-state index in [4.69, 9.17) is 4.74 Å². The average molecular weight is 279 g/mol. The monoisotopic (exact) mass is 279 g/mol. The summed E-state index contributed by atoms with van der Waals surface area (Å²) in [6.07, 6.45) is 3.24. The van der Waals surface area contributed by atoms with Gasteiger partial charge in [-0.25, -0.2) is 13.2 Å². The van der Waals surface area contributed by atoms with E-state index < -0.39 is 10.1 Å². The van der Waals surface area contributed by atoms with Crippen LogP contribution in [-0.4, -0.2) is 63.0 Å². The van der Waals surface area contributed by atoms with E-state index in [0.717, 1.165) is 0 Å². The van der Waals surface area contributed by atoms with E-state index in [0.29, 0.717) is 24.0 Å². The highest BCUT2D eigenvalue weighted by molar-refractivity contribution is 7.85. The number of rotatable bonds is 8. The molecule has 0 aliphatic carbocycles. The molecule has 0 atom stereocenters. The molecule has 106 valence electrons. The molecule has 0 rings (SSSR count). The molecule has 0 saturated carbocycles. The summed E-state index contributed by atoms with van der Waals surface area (Å²) in [5, 5.41) is 0. The Morgan fingerprint density at radius 3 is 2.44 bits per heavy atom. The lowest BCUT2D eigenvalue weighted by Crippen LogP contribution is -2.43. The number of esters is 1. The summed E-state index contributed by atoms with van der Waals surface area (Å²) in [7, 11) is -0.363. The predicted molar refractivity (Wildman–Crippen MR) is 66.8 cm³/mol. The van der Waals surface area contributed by atoms with Crippen LogP contribution >= 0.6 is 0 Å². The molecular formula is C11H21NO5S. The van der Waals surface area contributed by atoms with Crippen molar-refractivity contribution in [2.75, 3.05) is 39.5 Å². The summed E-state index contributed by atoms with van der Waals surface area (Å²) in [4.78, 5) is 11.0. The van der Waals surface area contributed by atoms with Crippen LogP contribution in [0.25, 0.3) is 0 Å². The van der Waals surface area contributed by atoms with Crippen LogP contribution in [0, 0.1) is 0 Å². The maximum Gasteiger partial charge on any atom is 0.330 e. The second-order valence-corrected chi connectivity index (χ2v) is 6.19. The largest absolute Gasteiger partial charge is 0.748 e. The number of nitrogens with zero attached hydrogens (tertiary/aromatic N) is 1. The molecule has 0 spiro atoms. The van der Waals surface area contributed by atoms with E-state index in [-0.39, 0.29) is 18.3 Å². The minimum absolute atomic E-state index is 0.264. The van der Waals surface area contributed by atoms with Crippen LogP contribution in [0.5, 0.6) is 0 Å². The van der Waals surface area contributed by atoms with Gasteiger partial charge in [0.05, 0.1) is 30.8 Å². The van der Waals surface area contributed by atoms with E-state index >= 15 is 0 Å². The van der Waals surface area contributed by atoms with Gasteiger partial charge in [-0.05, 0) is 6.92 Å². The molecule has 0 fully saturated rings. The fraction of sp³-hybridized carbons (Fsp3) is 0.727. The van der Waals surface area contributed by atoms with Crippen LogP contribution in [0.15, 0.2) is 12.2 Å². The molecule has 0 aliphatic heterocycles. The Kier molecular flexibility index (Phi) is 7.12. The van der Waals surface area contributed by atoms with E-state index in [1.165, 1.54) is 6.08 Å². The number of likely N-dealkylation sites (N-methyl/N-ethyl adjacent to an activating group) is 1. The van der Waals surface area contributed by atoms with Gasteiger partial charge >= 0.3 is 5.97 Å². The molecule has 0 radical (unpaired) electrons. The first-order chi connectivity index (χ1) is 8.16. The lowest BCUT2D eigenvalue weighted by atomic mass is 10.3. The molecule has 0 aromatic rings. The molecule has 0 bridgehead atoms. The number of hydrogen-bond acceptors (Lipinski definition) is 5. The molecule has 0 aromatic carbocycles. The van der Waals surface area contributed by atoms with Crippen molar-refractivity contribution >= 4 is 16.1 Å². The zero-order valence-corrected chi connectivity index (χ0v) is 11.9. The normalized spacial score (nSPS) is 12.9. The molecule has 0 saturated heterocycles. The summed E-state index contributed by atoms with van der Waals surface area (Å²) in [6.45, 7) is 3.11. The van der Waals surface area contributed by atoms with Gasteiger partial charge in [-0.15, -0.1) is 0 Å².